The minimum absolute atomic E-state index is 0.00259. The second kappa shape index (κ2) is 3.73. The van der Waals surface area contributed by atoms with E-state index in [0.29, 0.717) is 0 Å². The summed E-state index contributed by atoms with van der Waals surface area (Å²) in [6.07, 6.45) is -1.86. The molecule has 0 aliphatic heterocycles. The summed E-state index contributed by atoms with van der Waals surface area (Å²) in [6, 6.07) is 1.24. The zero-order chi connectivity index (χ0) is 10.0. The first-order valence-corrected chi connectivity index (χ1v) is 3.90. The van der Waals surface area contributed by atoms with Gasteiger partial charge in [-0.25, -0.2) is 13.8 Å². The minimum atomic E-state index is -2.95. The highest BCUT2D eigenvalue weighted by Gasteiger charge is 2.25. The van der Waals surface area contributed by atoms with Crippen molar-refractivity contribution in [2.75, 3.05) is 0 Å². The second-order valence-electron chi connectivity index (χ2n) is 2.08. The lowest BCUT2D eigenvalue weighted by atomic mass is 10.3. The molecule has 0 radical (unpaired) electrons. The van der Waals surface area contributed by atoms with Crippen molar-refractivity contribution >= 4 is 21.6 Å². The van der Waals surface area contributed by atoms with Crippen molar-refractivity contribution in [3.05, 3.63) is 32.5 Å². The van der Waals surface area contributed by atoms with Crippen molar-refractivity contribution in [3.63, 3.8) is 0 Å². The van der Waals surface area contributed by atoms with E-state index in [9.17, 15) is 18.9 Å². The average Bonchev–Trinajstić information content (AvgIpc) is 2.02. The molecule has 0 fully saturated rings. The first-order valence-electron chi connectivity index (χ1n) is 3.11. The molecule has 1 aromatic heterocycles. The lowest BCUT2D eigenvalue weighted by Gasteiger charge is -2.00. The van der Waals surface area contributed by atoms with Gasteiger partial charge in [0.05, 0.1) is 9.40 Å². The van der Waals surface area contributed by atoms with Crippen LogP contribution in [0.4, 0.5) is 14.5 Å². The summed E-state index contributed by atoms with van der Waals surface area (Å²) in [7, 11) is 0. The Morgan fingerprint density at radius 1 is 1.62 bits per heavy atom. The lowest BCUT2D eigenvalue weighted by molar-refractivity contribution is -0.387. The van der Waals surface area contributed by atoms with E-state index in [1.54, 1.807) is 0 Å². The van der Waals surface area contributed by atoms with Gasteiger partial charge in [-0.1, -0.05) is 0 Å². The Morgan fingerprint density at radius 3 is 2.62 bits per heavy atom. The molecule has 0 amide bonds. The van der Waals surface area contributed by atoms with E-state index in [1.807, 2.05) is 0 Å². The third-order valence-electron chi connectivity index (χ3n) is 1.29. The Labute approximate surface area is 79.9 Å². The molecular weight excluding hydrogens is 250 g/mol. The lowest BCUT2D eigenvalue weighted by Crippen LogP contribution is -1.99. The van der Waals surface area contributed by atoms with Gasteiger partial charge < -0.3 is 0 Å². The number of pyridine rings is 1. The largest absolute Gasteiger partial charge is 0.310 e. The Balaban J connectivity index is 3.34. The molecule has 0 saturated heterocycles. The van der Waals surface area contributed by atoms with Crippen molar-refractivity contribution in [2.45, 2.75) is 6.43 Å². The number of hydrogen-bond acceptors (Lipinski definition) is 3. The highest BCUT2D eigenvalue weighted by Crippen LogP contribution is 2.32. The fraction of sp³-hybridized carbons (Fsp3) is 0.167. The molecule has 4 nitrogen and oxygen atoms in total. The Bertz CT molecular complexity index is 345. The van der Waals surface area contributed by atoms with Gasteiger partial charge in [0.1, 0.15) is 0 Å². The summed E-state index contributed by atoms with van der Waals surface area (Å²) in [6.45, 7) is 0. The number of hydrogen-bond donors (Lipinski definition) is 0. The highest BCUT2D eigenvalue weighted by atomic mass is 79.9. The van der Waals surface area contributed by atoms with E-state index in [-0.39, 0.29) is 4.47 Å². The smallest absolute Gasteiger partial charge is 0.258 e. The number of aromatic nitrogens is 1. The number of halogens is 3. The number of rotatable bonds is 2. The van der Waals surface area contributed by atoms with Crippen LogP contribution in [0.5, 0.6) is 0 Å². The SMILES string of the molecule is O=[N+]([O-])c1c(Br)ccnc1C(F)F. The zero-order valence-corrected chi connectivity index (χ0v) is 7.66. The van der Waals surface area contributed by atoms with Crippen molar-refractivity contribution < 1.29 is 13.7 Å². The van der Waals surface area contributed by atoms with E-state index >= 15 is 0 Å². The third-order valence-corrected chi connectivity index (χ3v) is 1.93. The van der Waals surface area contributed by atoms with Crippen LogP contribution in [-0.4, -0.2) is 9.91 Å². The molecule has 7 heteroatoms. The van der Waals surface area contributed by atoms with Crippen molar-refractivity contribution in [2.24, 2.45) is 0 Å². The van der Waals surface area contributed by atoms with E-state index < -0.39 is 22.7 Å². The third kappa shape index (κ3) is 1.97. The maximum atomic E-state index is 12.2. The van der Waals surface area contributed by atoms with E-state index in [1.165, 1.54) is 6.07 Å². The monoisotopic (exact) mass is 252 g/mol. The molecule has 0 aliphatic rings. The van der Waals surface area contributed by atoms with Gasteiger partial charge in [-0.15, -0.1) is 0 Å². The van der Waals surface area contributed by atoms with E-state index in [2.05, 4.69) is 20.9 Å². The van der Waals surface area contributed by atoms with Gasteiger partial charge in [-0.05, 0) is 22.0 Å². The van der Waals surface area contributed by atoms with Gasteiger partial charge in [-0.2, -0.15) is 0 Å². The molecule has 0 N–H and O–H groups in total. The molecule has 13 heavy (non-hydrogen) atoms. The van der Waals surface area contributed by atoms with Crippen LogP contribution in [0.15, 0.2) is 16.7 Å². The maximum Gasteiger partial charge on any atom is 0.310 e. The first kappa shape index (κ1) is 9.97. The Hall–Kier alpha value is -1.11. The molecule has 1 rings (SSSR count). The van der Waals surface area contributed by atoms with Crippen LogP contribution < -0.4 is 0 Å². The fourth-order valence-corrected chi connectivity index (χ4v) is 1.25. The summed E-state index contributed by atoms with van der Waals surface area (Å²) in [4.78, 5) is 12.7. The van der Waals surface area contributed by atoms with E-state index in [0.717, 1.165) is 6.20 Å². The van der Waals surface area contributed by atoms with Crippen LogP contribution in [0.1, 0.15) is 12.1 Å². The summed E-state index contributed by atoms with van der Waals surface area (Å²) in [5, 5.41) is 10.3. The molecule has 0 aliphatic carbocycles. The van der Waals surface area contributed by atoms with Crippen LogP contribution in [0.3, 0.4) is 0 Å². The zero-order valence-electron chi connectivity index (χ0n) is 6.08. The molecular formula is C6H3BrF2N2O2. The maximum absolute atomic E-state index is 12.2. The number of alkyl halides is 2. The van der Waals surface area contributed by atoms with Gasteiger partial charge in [0.25, 0.3) is 6.43 Å². The standard InChI is InChI=1S/C6H3BrF2N2O2/c7-3-1-2-10-4(6(8)9)5(3)11(12)13/h1-2,6H. The van der Waals surface area contributed by atoms with Crippen LogP contribution in [-0.2, 0) is 0 Å². The number of nitro groups is 1. The predicted octanol–water partition coefficient (Wildman–Crippen LogP) is 2.69. The van der Waals surface area contributed by atoms with Crippen molar-refractivity contribution in [3.8, 4) is 0 Å². The van der Waals surface area contributed by atoms with Gasteiger partial charge in [0, 0.05) is 6.20 Å². The van der Waals surface area contributed by atoms with Crippen LogP contribution >= 0.6 is 15.9 Å². The summed E-state index contributed by atoms with van der Waals surface area (Å²) in [5.41, 5.74) is -1.50. The van der Waals surface area contributed by atoms with Gasteiger partial charge in [0.2, 0.25) is 0 Å². The summed E-state index contributed by atoms with van der Waals surface area (Å²) >= 11 is 2.80. The Morgan fingerprint density at radius 2 is 2.23 bits per heavy atom. The normalized spacial score (nSPS) is 10.5. The first-order chi connectivity index (χ1) is 6.04. The van der Waals surface area contributed by atoms with Crippen LogP contribution in [0.2, 0.25) is 0 Å². The van der Waals surface area contributed by atoms with E-state index in [4.69, 9.17) is 0 Å². The summed E-state index contributed by atoms with van der Waals surface area (Å²) < 4.78 is 24.4. The molecule has 0 spiro atoms. The molecule has 1 heterocycles. The fourth-order valence-electron chi connectivity index (χ4n) is 0.786. The molecule has 0 unspecified atom stereocenters. The van der Waals surface area contributed by atoms with Crippen LogP contribution in [0.25, 0.3) is 0 Å². The second-order valence-corrected chi connectivity index (χ2v) is 2.94. The molecule has 0 bridgehead atoms. The molecule has 70 valence electrons. The molecule has 1 aromatic rings. The highest BCUT2D eigenvalue weighted by molar-refractivity contribution is 9.10. The number of nitrogens with zero attached hydrogens (tertiary/aromatic N) is 2. The van der Waals surface area contributed by atoms with Gasteiger partial charge in [0.15, 0.2) is 5.69 Å². The van der Waals surface area contributed by atoms with Crippen LogP contribution in [0, 0.1) is 10.1 Å². The van der Waals surface area contributed by atoms with Gasteiger partial charge in [-0.3, -0.25) is 10.1 Å². The molecule has 0 saturated carbocycles. The summed E-state index contributed by atoms with van der Waals surface area (Å²) in [5.74, 6) is 0. The molecule has 0 aromatic carbocycles. The quantitative estimate of drug-likeness (QED) is 0.601. The minimum Gasteiger partial charge on any atom is -0.258 e. The predicted molar refractivity (Wildman–Crippen MR) is 43.5 cm³/mol. The molecule has 0 atom stereocenters. The van der Waals surface area contributed by atoms with Crippen molar-refractivity contribution in [1.29, 1.82) is 0 Å². The average molecular weight is 253 g/mol. The Kier molecular flexibility index (Phi) is 2.86. The topological polar surface area (TPSA) is 56.0 Å². The van der Waals surface area contributed by atoms with Gasteiger partial charge >= 0.3 is 5.69 Å². The van der Waals surface area contributed by atoms with Crippen molar-refractivity contribution in [1.82, 2.24) is 4.98 Å².